The van der Waals surface area contributed by atoms with Crippen molar-refractivity contribution in [3.8, 4) is 17.6 Å². The average Bonchev–Trinajstić information content (AvgIpc) is 2.43. The molecule has 1 aromatic carbocycles. The van der Waals surface area contributed by atoms with Gasteiger partial charge in [0.2, 0.25) is 0 Å². The second-order valence-corrected chi connectivity index (χ2v) is 3.75. The molecule has 6 nitrogen and oxygen atoms in total. The SMILES string of the molecule is COc1cc(CCN)ccc1OCC(=O)NCC#N. The lowest BCUT2D eigenvalue weighted by Crippen LogP contribution is -2.29. The minimum absolute atomic E-state index is 0.0330. The zero-order chi connectivity index (χ0) is 14.1. The lowest BCUT2D eigenvalue weighted by atomic mass is 10.1. The number of nitrogens with zero attached hydrogens (tertiary/aromatic N) is 1. The Morgan fingerprint density at radius 1 is 1.47 bits per heavy atom. The molecule has 0 heterocycles. The van der Waals surface area contributed by atoms with Gasteiger partial charge in [-0.25, -0.2) is 0 Å². The van der Waals surface area contributed by atoms with E-state index in [9.17, 15) is 4.79 Å². The van der Waals surface area contributed by atoms with Crippen LogP contribution in [0.2, 0.25) is 0 Å². The highest BCUT2D eigenvalue weighted by atomic mass is 16.5. The summed E-state index contributed by atoms with van der Waals surface area (Å²) in [6.07, 6.45) is 0.749. The van der Waals surface area contributed by atoms with Crippen molar-refractivity contribution >= 4 is 5.91 Å². The molecular weight excluding hydrogens is 246 g/mol. The number of hydrogen-bond acceptors (Lipinski definition) is 5. The van der Waals surface area contributed by atoms with Crippen molar-refractivity contribution in [3.63, 3.8) is 0 Å². The van der Waals surface area contributed by atoms with E-state index in [0.29, 0.717) is 18.0 Å². The zero-order valence-corrected chi connectivity index (χ0v) is 10.8. The van der Waals surface area contributed by atoms with E-state index in [0.717, 1.165) is 12.0 Å². The molecule has 0 aliphatic carbocycles. The Morgan fingerprint density at radius 3 is 2.89 bits per heavy atom. The minimum atomic E-state index is -0.352. The molecule has 1 amide bonds. The fourth-order valence-electron chi connectivity index (χ4n) is 1.49. The summed E-state index contributed by atoms with van der Waals surface area (Å²) in [6.45, 7) is 0.364. The van der Waals surface area contributed by atoms with Crippen molar-refractivity contribution in [3.05, 3.63) is 23.8 Å². The minimum Gasteiger partial charge on any atom is -0.493 e. The van der Waals surface area contributed by atoms with Crippen LogP contribution in [0.25, 0.3) is 0 Å². The van der Waals surface area contributed by atoms with Gasteiger partial charge in [-0.3, -0.25) is 4.79 Å². The number of benzene rings is 1. The van der Waals surface area contributed by atoms with Crippen molar-refractivity contribution in [1.29, 1.82) is 5.26 Å². The number of rotatable bonds is 7. The summed E-state index contributed by atoms with van der Waals surface area (Å²) in [5.41, 5.74) is 6.53. The van der Waals surface area contributed by atoms with Gasteiger partial charge in [0.15, 0.2) is 18.1 Å². The fraction of sp³-hybridized carbons (Fsp3) is 0.385. The number of nitriles is 1. The predicted molar refractivity (Wildman–Crippen MR) is 69.9 cm³/mol. The molecule has 0 aromatic heterocycles. The van der Waals surface area contributed by atoms with Gasteiger partial charge in [0.05, 0.1) is 13.2 Å². The maximum absolute atomic E-state index is 11.3. The third-order valence-corrected chi connectivity index (χ3v) is 2.38. The monoisotopic (exact) mass is 263 g/mol. The summed E-state index contributed by atoms with van der Waals surface area (Å²) < 4.78 is 10.5. The summed E-state index contributed by atoms with van der Waals surface area (Å²) in [4.78, 5) is 11.3. The van der Waals surface area contributed by atoms with E-state index in [1.807, 2.05) is 18.2 Å². The second kappa shape index (κ2) is 7.95. The van der Waals surface area contributed by atoms with Gasteiger partial charge < -0.3 is 20.5 Å². The first-order valence-electron chi connectivity index (χ1n) is 5.84. The third-order valence-electron chi connectivity index (χ3n) is 2.38. The van der Waals surface area contributed by atoms with Crippen molar-refractivity contribution < 1.29 is 14.3 Å². The lowest BCUT2D eigenvalue weighted by Gasteiger charge is -2.11. The molecule has 0 aliphatic heterocycles. The van der Waals surface area contributed by atoms with Crippen molar-refractivity contribution in [2.75, 3.05) is 26.8 Å². The van der Waals surface area contributed by atoms with Crippen LogP contribution in [0.15, 0.2) is 18.2 Å². The van der Waals surface area contributed by atoms with Crippen LogP contribution in [0, 0.1) is 11.3 Å². The number of carbonyl (C=O) groups excluding carboxylic acids is 1. The second-order valence-electron chi connectivity index (χ2n) is 3.75. The van der Waals surface area contributed by atoms with Crippen molar-refractivity contribution in [2.24, 2.45) is 5.73 Å². The number of methoxy groups -OCH3 is 1. The molecular formula is C13H17N3O3. The van der Waals surface area contributed by atoms with E-state index in [-0.39, 0.29) is 19.1 Å². The van der Waals surface area contributed by atoms with E-state index in [4.69, 9.17) is 20.5 Å². The number of carbonyl (C=O) groups is 1. The number of hydrogen-bond donors (Lipinski definition) is 2. The van der Waals surface area contributed by atoms with Crippen LogP contribution >= 0.6 is 0 Å². The normalized spacial score (nSPS) is 9.53. The quantitative estimate of drug-likeness (QED) is 0.686. The molecule has 0 bridgehead atoms. The molecule has 0 fully saturated rings. The zero-order valence-electron chi connectivity index (χ0n) is 10.8. The van der Waals surface area contributed by atoms with Gasteiger partial charge in [-0.2, -0.15) is 5.26 Å². The van der Waals surface area contributed by atoms with Crippen molar-refractivity contribution in [2.45, 2.75) is 6.42 Å². The van der Waals surface area contributed by atoms with Gasteiger partial charge in [-0.1, -0.05) is 6.07 Å². The Labute approximate surface area is 112 Å². The van der Waals surface area contributed by atoms with E-state index in [2.05, 4.69) is 5.32 Å². The Hall–Kier alpha value is -2.26. The first-order chi connectivity index (χ1) is 9.21. The molecule has 0 saturated carbocycles. The molecule has 6 heteroatoms. The van der Waals surface area contributed by atoms with Crippen LogP contribution in [0.5, 0.6) is 11.5 Å². The Kier molecular flexibility index (Phi) is 6.19. The molecule has 0 unspecified atom stereocenters. The maximum atomic E-state index is 11.3. The lowest BCUT2D eigenvalue weighted by molar-refractivity contribution is -0.122. The maximum Gasteiger partial charge on any atom is 0.258 e. The molecule has 102 valence electrons. The van der Waals surface area contributed by atoms with Crippen LogP contribution in [-0.4, -0.2) is 32.7 Å². The Bertz CT molecular complexity index is 469. The van der Waals surface area contributed by atoms with Crippen molar-refractivity contribution in [1.82, 2.24) is 5.32 Å². The molecule has 0 saturated heterocycles. The summed E-state index contributed by atoms with van der Waals surface area (Å²) in [7, 11) is 1.53. The summed E-state index contributed by atoms with van der Waals surface area (Å²) in [5, 5.41) is 10.7. The van der Waals surface area contributed by atoms with E-state index in [1.165, 1.54) is 7.11 Å². The molecule has 0 spiro atoms. The largest absolute Gasteiger partial charge is 0.493 e. The molecule has 3 N–H and O–H groups in total. The number of amides is 1. The van der Waals surface area contributed by atoms with Gasteiger partial charge in [-0.15, -0.1) is 0 Å². The predicted octanol–water partition coefficient (Wildman–Crippen LogP) is 0.215. The first kappa shape index (κ1) is 14.8. The highest BCUT2D eigenvalue weighted by molar-refractivity contribution is 5.77. The standard InChI is InChI=1S/C13H17N3O3/c1-18-12-8-10(4-5-14)2-3-11(12)19-9-13(17)16-7-6-15/h2-3,8H,4-5,7,9,14H2,1H3,(H,16,17). The smallest absolute Gasteiger partial charge is 0.258 e. The van der Waals surface area contributed by atoms with Gasteiger partial charge in [0, 0.05) is 0 Å². The van der Waals surface area contributed by atoms with E-state index < -0.39 is 0 Å². The molecule has 1 aromatic rings. The highest BCUT2D eigenvalue weighted by Gasteiger charge is 2.08. The number of nitrogens with one attached hydrogen (secondary N) is 1. The third kappa shape index (κ3) is 4.85. The highest BCUT2D eigenvalue weighted by Crippen LogP contribution is 2.28. The molecule has 1 rings (SSSR count). The molecule has 0 atom stereocenters. The van der Waals surface area contributed by atoms with Gasteiger partial charge in [0.25, 0.3) is 5.91 Å². The summed E-state index contributed by atoms with van der Waals surface area (Å²) in [5.74, 6) is 0.684. The molecule has 19 heavy (non-hydrogen) atoms. The first-order valence-corrected chi connectivity index (χ1v) is 5.84. The van der Waals surface area contributed by atoms with Crippen LogP contribution in [0.4, 0.5) is 0 Å². The van der Waals surface area contributed by atoms with Crippen LogP contribution in [-0.2, 0) is 11.2 Å². The molecule has 0 aliphatic rings. The summed E-state index contributed by atoms with van der Waals surface area (Å²) >= 11 is 0. The topological polar surface area (TPSA) is 97.4 Å². The van der Waals surface area contributed by atoms with E-state index in [1.54, 1.807) is 6.07 Å². The fourth-order valence-corrected chi connectivity index (χ4v) is 1.49. The van der Waals surface area contributed by atoms with Crippen LogP contribution in [0.1, 0.15) is 5.56 Å². The average molecular weight is 263 g/mol. The van der Waals surface area contributed by atoms with Gasteiger partial charge >= 0.3 is 0 Å². The molecule has 0 radical (unpaired) electrons. The van der Waals surface area contributed by atoms with Gasteiger partial charge in [0.1, 0.15) is 6.54 Å². The van der Waals surface area contributed by atoms with E-state index >= 15 is 0 Å². The Morgan fingerprint density at radius 2 is 2.26 bits per heavy atom. The number of ether oxygens (including phenoxy) is 2. The Balaban J connectivity index is 2.62. The van der Waals surface area contributed by atoms with Crippen LogP contribution in [0.3, 0.4) is 0 Å². The number of nitrogens with two attached hydrogens (primary N) is 1. The van der Waals surface area contributed by atoms with Crippen LogP contribution < -0.4 is 20.5 Å². The summed E-state index contributed by atoms with van der Waals surface area (Å²) in [6, 6.07) is 7.26. The van der Waals surface area contributed by atoms with Gasteiger partial charge in [-0.05, 0) is 30.7 Å².